The second-order valence-electron chi connectivity index (χ2n) is 8.71. The van der Waals surface area contributed by atoms with Crippen molar-refractivity contribution in [3.05, 3.63) is 87.9 Å². The number of nitrogens with zero attached hydrogens (tertiary/aromatic N) is 1. The first-order valence-corrected chi connectivity index (χ1v) is 12.5. The van der Waals surface area contributed by atoms with E-state index >= 15 is 0 Å². The zero-order valence-electron chi connectivity index (χ0n) is 21.5. The zero-order valence-corrected chi connectivity index (χ0v) is 22.3. The maximum Gasteiger partial charge on any atom is 0.335 e. The topological polar surface area (TPSA) is 114 Å². The van der Waals surface area contributed by atoms with E-state index in [0.29, 0.717) is 23.6 Å². The lowest BCUT2D eigenvalue weighted by Crippen LogP contribution is -2.54. The molecule has 1 heterocycles. The minimum Gasteiger partial charge on any atom is -0.494 e. The summed E-state index contributed by atoms with van der Waals surface area (Å²) in [6.45, 7) is 5.98. The molecule has 2 N–H and O–H groups in total. The zero-order chi connectivity index (χ0) is 28.1. The molecule has 4 rings (SSSR count). The number of hydrogen-bond acceptors (Lipinski definition) is 6. The average Bonchev–Trinajstić information content (AvgIpc) is 2.89. The number of nitrogens with one attached hydrogen (secondary N) is 2. The number of imide groups is 2. The third-order valence-corrected chi connectivity index (χ3v) is 6.22. The molecule has 1 saturated heterocycles. The largest absolute Gasteiger partial charge is 0.494 e. The second-order valence-corrected chi connectivity index (χ2v) is 9.12. The van der Waals surface area contributed by atoms with Crippen LogP contribution in [-0.2, 0) is 14.4 Å². The van der Waals surface area contributed by atoms with Crippen LogP contribution in [0, 0.1) is 13.8 Å². The molecule has 1 fully saturated rings. The molecular weight excluding hydrogens is 522 g/mol. The van der Waals surface area contributed by atoms with E-state index in [9.17, 15) is 19.2 Å². The van der Waals surface area contributed by atoms with E-state index in [0.717, 1.165) is 16.0 Å². The Morgan fingerprint density at radius 1 is 0.974 bits per heavy atom. The van der Waals surface area contributed by atoms with E-state index in [2.05, 4.69) is 10.6 Å². The van der Waals surface area contributed by atoms with Crippen LogP contribution < -0.4 is 25.0 Å². The van der Waals surface area contributed by atoms with Crippen molar-refractivity contribution in [2.45, 2.75) is 20.8 Å². The van der Waals surface area contributed by atoms with Crippen LogP contribution in [0.3, 0.4) is 0 Å². The number of amides is 5. The minimum atomic E-state index is -0.854. The highest BCUT2D eigenvalue weighted by atomic mass is 35.5. The summed E-state index contributed by atoms with van der Waals surface area (Å²) in [5.74, 6) is -1.14. The predicted octanol–water partition coefficient (Wildman–Crippen LogP) is 5.04. The summed E-state index contributed by atoms with van der Waals surface area (Å²) in [7, 11) is 0. The third kappa shape index (κ3) is 6.45. The fourth-order valence-electron chi connectivity index (χ4n) is 3.80. The van der Waals surface area contributed by atoms with Crippen LogP contribution in [0.1, 0.15) is 23.6 Å². The Morgan fingerprint density at radius 3 is 2.38 bits per heavy atom. The molecule has 200 valence electrons. The lowest BCUT2D eigenvalue weighted by Gasteiger charge is -2.26. The first kappa shape index (κ1) is 27.4. The molecule has 0 spiro atoms. The number of aryl methyl sites for hydroxylation is 2. The summed E-state index contributed by atoms with van der Waals surface area (Å²) < 4.78 is 10.9. The number of anilines is 2. The van der Waals surface area contributed by atoms with E-state index in [1.165, 1.54) is 18.2 Å². The number of urea groups is 1. The molecule has 10 heteroatoms. The summed E-state index contributed by atoms with van der Waals surface area (Å²) in [6, 6.07) is 15.7. The van der Waals surface area contributed by atoms with E-state index in [1.54, 1.807) is 30.3 Å². The number of ether oxygens (including phenoxy) is 2. The molecule has 3 aromatic carbocycles. The fraction of sp³-hybridized carbons (Fsp3) is 0.172. The molecule has 39 heavy (non-hydrogen) atoms. The van der Waals surface area contributed by atoms with Gasteiger partial charge in [0.15, 0.2) is 6.61 Å². The lowest BCUT2D eigenvalue weighted by molar-refractivity contribution is -0.122. The van der Waals surface area contributed by atoms with E-state index < -0.39 is 17.8 Å². The monoisotopic (exact) mass is 547 g/mol. The number of carbonyl (C=O) groups excluding carboxylic acids is 4. The molecule has 0 bridgehead atoms. The van der Waals surface area contributed by atoms with E-state index in [-0.39, 0.29) is 34.5 Å². The van der Waals surface area contributed by atoms with Crippen molar-refractivity contribution in [1.29, 1.82) is 0 Å². The van der Waals surface area contributed by atoms with Crippen LogP contribution >= 0.6 is 11.6 Å². The van der Waals surface area contributed by atoms with Crippen molar-refractivity contribution >= 4 is 52.8 Å². The number of rotatable bonds is 8. The Labute approximate surface area is 230 Å². The molecular formula is C29H26ClN3O6. The minimum absolute atomic E-state index is 0.173. The highest BCUT2D eigenvalue weighted by Gasteiger charge is 2.36. The van der Waals surface area contributed by atoms with Gasteiger partial charge in [0.1, 0.15) is 17.1 Å². The summed E-state index contributed by atoms with van der Waals surface area (Å²) in [4.78, 5) is 51.2. The molecule has 5 amide bonds. The quantitative estimate of drug-likeness (QED) is 0.302. The van der Waals surface area contributed by atoms with Crippen LogP contribution in [-0.4, -0.2) is 37.0 Å². The lowest BCUT2D eigenvalue weighted by atomic mass is 10.1. The van der Waals surface area contributed by atoms with Gasteiger partial charge in [-0.3, -0.25) is 19.7 Å². The third-order valence-electron chi connectivity index (χ3n) is 5.92. The number of carbonyl (C=O) groups is 4. The maximum atomic E-state index is 13.1. The van der Waals surface area contributed by atoms with Crippen molar-refractivity contribution < 1.29 is 28.7 Å². The Hall–Kier alpha value is -4.63. The molecule has 0 saturated carbocycles. The average molecular weight is 548 g/mol. The number of benzene rings is 3. The first-order valence-electron chi connectivity index (χ1n) is 12.1. The smallest absolute Gasteiger partial charge is 0.335 e. The Kier molecular flexibility index (Phi) is 8.31. The highest BCUT2D eigenvalue weighted by Crippen LogP contribution is 2.28. The molecule has 0 radical (unpaired) electrons. The molecule has 0 aromatic heterocycles. The van der Waals surface area contributed by atoms with Gasteiger partial charge in [0, 0.05) is 5.69 Å². The van der Waals surface area contributed by atoms with Crippen molar-refractivity contribution in [3.63, 3.8) is 0 Å². The number of barbiturate groups is 1. The van der Waals surface area contributed by atoms with Crippen LogP contribution in [0.2, 0.25) is 5.02 Å². The van der Waals surface area contributed by atoms with E-state index in [1.807, 2.05) is 39.0 Å². The van der Waals surface area contributed by atoms with Crippen LogP contribution in [0.5, 0.6) is 11.5 Å². The van der Waals surface area contributed by atoms with Gasteiger partial charge in [0.2, 0.25) is 0 Å². The molecule has 3 aromatic rings. The van der Waals surface area contributed by atoms with Gasteiger partial charge in [-0.2, -0.15) is 0 Å². The van der Waals surface area contributed by atoms with Gasteiger partial charge in [-0.15, -0.1) is 0 Å². The fourth-order valence-corrected chi connectivity index (χ4v) is 4.04. The molecule has 9 nitrogen and oxygen atoms in total. The van der Waals surface area contributed by atoms with Crippen LogP contribution in [0.25, 0.3) is 6.08 Å². The molecule has 0 unspecified atom stereocenters. The standard InChI is InChI=1S/C29H26ClN3O6/c1-4-38-22-10-8-21(9-11-22)33-28(36)23(27(35)32-29(33)37)14-19-6-12-25(24(30)15-19)39-16-26(34)31-20-7-5-17(2)18(3)13-20/h5-15H,4,16H2,1-3H3,(H,31,34)(H,32,35,37)/b23-14+. The first-order chi connectivity index (χ1) is 18.7. The summed E-state index contributed by atoms with van der Waals surface area (Å²) in [5.41, 5.74) is 3.29. The van der Waals surface area contributed by atoms with Gasteiger partial charge >= 0.3 is 6.03 Å². The van der Waals surface area contributed by atoms with Gasteiger partial charge in [0.25, 0.3) is 17.7 Å². The van der Waals surface area contributed by atoms with Gasteiger partial charge < -0.3 is 14.8 Å². The number of hydrogen-bond donors (Lipinski definition) is 2. The molecule has 1 aliphatic rings. The molecule has 0 aliphatic carbocycles. The Balaban J connectivity index is 1.46. The highest BCUT2D eigenvalue weighted by molar-refractivity contribution is 6.39. The predicted molar refractivity (Wildman–Crippen MR) is 148 cm³/mol. The number of halogens is 1. The summed E-state index contributed by atoms with van der Waals surface area (Å²) in [5, 5.41) is 5.12. The van der Waals surface area contributed by atoms with Crippen molar-refractivity contribution in [2.24, 2.45) is 0 Å². The normalized spacial score (nSPS) is 14.3. The van der Waals surface area contributed by atoms with Crippen LogP contribution in [0.4, 0.5) is 16.2 Å². The molecule has 0 atom stereocenters. The molecule has 1 aliphatic heterocycles. The van der Waals surface area contributed by atoms with E-state index in [4.69, 9.17) is 21.1 Å². The summed E-state index contributed by atoms with van der Waals surface area (Å²) in [6.07, 6.45) is 1.33. The summed E-state index contributed by atoms with van der Waals surface area (Å²) >= 11 is 6.34. The van der Waals surface area contributed by atoms with Crippen molar-refractivity contribution in [3.8, 4) is 11.5 Å². The van der Waals surface area contributed by atoms with Gasteiger partial charge in [-0.25, -0.2) is 9.69 Å². The Bertz CT molecular complexity index is 1480. The van der Waals surface area contributed by atoms with Gasteiger partial charge in [-0.1, -0.05) is 23.7 Å². The SMILES string of the molecule is CCOc1ccc(N2C(=O)NC(=O)/C(=C\c3ccc(OCC(=O)Nc4ccc(C)c(C)c4)c(Cl)c3)C2=O)cc1. The maximum absolute atomic E-state index is 13.1. The van der Waals surface area contributed by atoms with Crippen LogP contribution in [0.15, 0.2) is 66.2 Å². The van der Waals surface area contributed by atoms with Gasteiger partial charge in [-0.05, 0) is 92.1 Å². The second kappa shape index (κ2) is 11.8. The van der Waals surface area contributed by atoms with Crippen molar-refractivity contribution in [1.82, 2.24) is 5.32 Å². The van der Waals surface area contributed by atoms with Gasteiger partial charge in [0.05, 0.1) is 17.3 Å². The Morgan fingerprint density at radius 2 is 1.72 bits per heavy atom. The van der Waals surface area contributed by atoms with Crippen molar-refractivity contribution in [2.75, 3.05) is 23.4 Å².